The predicted octanol–water partition coefficient (Wildman–Crippen LogP) is 2.75. The lowest BCUT2D eigenvalue weighted by Gasteiger charge is -2.05. The molecule has 1 aromatic carbocycles. The fourth-order valence-corrected chi connectivity index (χ4v) is 2.06. The molecule has 0 spiro atoms. The standard InChI is InChI=1S/C15H20BrNO3/c1-20-14-7-6-13(16)11-12(14)5-8-15(19)17-9-3-2-4-10-18/h5-8,11,18H,2-4,9-10H2,1H3,(H,17,19)/b8-5+. The number of halogens is 1. The van der Waals surface area contributed by atoms with Gasteiger partial charge in [0.1, 0.15) is 5.75 Å². The van der Waals surface area contributed by atoms with Crippen LogP contribution in [0, 0.1) is 0 Å². The average Bonchev–Trinajstić information content (AvgIpc) is 2.45. The van der Waals surface area contributed by atoms with E-state index in [0.29, 0.717) is 6.54 Å². The fraction of sp³-hybridized carbons (Fsp3) is 0.400. The van der Waals surface area contributed by atoms with Gasteiger partial charge in [0, 0.05) is 29.3 Å². The minimum Gasteiger partial charge on any atom is -0.496 e. The van der Waals surface area contributed by atoms with Crippen LogP contribution in [0.3, 0.4) is 0 Å². The van der Waals surface area contributed by atoms with E-state index in [9.17, 15) is 4.79 Å². The summed E-state index contributed by atoms with van der Waals surface area (Å²) in [6, 6.07) is 5.62. The van der Waals surface area contributed by atoms with Crippen LogP contribution in [0.15, 0.2) is 28.7 Å². The van der Waals surface area contributed by atoms with Gasteiger partial charge in [-0.1, -0.05) is 15.9 Å². The smallest absolute Gasteiger partial charge is 0.244 e. The maximum atomic E-state index is 11.6. The van der Waals surface area contributed by atoms with E-state index in [-0.39, 0.29) is 12.5 Å². The van der Waals surface area contributed by atoms with Crippen LogP contribution in [0.25, 0.3) is 6.08 Å². The molecule has 1 amide bonds. The van der Waals surface area contributed by atoms with Gasteiger partial charge in [-0.2, -0.15) is 0 Å². The number of methoxy groups -OCH3 is 1. The van der Waals surface area contributed by atoms with Gasteiger partial charge >= 0.3 is 0 Å². The SMILES string of the molecule is COc1ccc(Br)cc1/C=C/C(=O)NCCCCCO. The van der Waals surface area contributed by atoms with Crippen LogP contribution >= 0.6 is 15.9 Å². The van der Waals surface area contributed by atoms with Crippen LogP contribution in [-0.4, -0.2) is 31.3 Å². The van der Waals surface area contributed by atoms with Gasteiger partial charge in [-0.3, -0.25) is 4.79 Å². The number of hydrogen-bond donors (Lipinski definition) is 2. The van der Waals surface area contributed by atoms with E-state index in [1.165, 1.54) is 6.08 Å². The van der Waals surface area contributed by atoms with Crippen LogP contribution in [0.4, 0.5) is 0 Å². The highest BCUT2D eigenvalue weighted by Crippen LogP contribution is 2.23. The molecule has 0 aliphatic rings. The van der Waals surface area contributed by atoms with Crippen molar-refractivity contribution in [2.45, 2.75) is 19.3 Å². The Morgan fingerprint density at radius 2 is 2.20 bits per heavy atom. The average molecular weight is 342 g/mol. The summed E-state index contributed by atoms with van der Waals surface area (Å²) < 4.78 is 6.16. The maximum Gasteiger partial charge on any atom is 0.244 e. The zero-order valence-electron chi connectivity index (χ0n) is 11.6. The summed E-state index contributed by atoms with van der Waals surface area (Å²) in [5, 5.41) is 11.4. The van der Waals surface area contributed by atoms with E-state index in [2.05, 4.69) is 21.2 Å². The Kier molecular flexibility index (Phi) is 7.99. The van der Waals surface area contributed by atoms with E-state index in [1.807, 2.05) is 18.2 Å². The molecular weight excluding hydrogens is 322 g/mol. The monoisotopic (exact) mass is 341 g/mol. The molecule has 0 aromatic heterocycles. The van der Waals surface area contributed by atoms with Crippen molar-refractivity contribution >= 4 is 27.9 Å². The number of ether oxygens (including phenoxy) is 1. The Morgan fingerprint density at radius 1 is 1.40 bits per heavy atom. The number of amides is 1. The van der Waals surface area contributed by atoms with Gasteiger partial charge in [-0.05, 0) is 43.5 Å². The van der Waals surface area contributed by atoms with E-state index < -0.39 is 0 Å². The minimum absolute atomic E-state index is 0.129. The summed E-state index contributed by atoms with van der Waals surface area (Å²) in [6.07, 6.45) is 5.80. The number of aliphatic hydroxyl groups is 1. The van der Waals surface area contributed by atoms with E-state index >= 15 is 0 Å². The second-order valence-corrected chi connectivity index (χ2v) is 5.21. The molecule has 110 valence electrons. The molecule has 0 atom stereocenters. The van der Waals surface area contributed by atoms with Crippen LogP contribution in [0.2, 0.25) is 0 Å². The lowest BCUT2D eigenvalue weighted by atomic mass is 10.2. The number of benzene rings is 1. The first kappa shape index (κ1) is 16.7. The first-order valence-electron chi connectivity index (χ1n) is 6.57. The van der Waals surface area contributed by atoms with Crippen molar-refractivity contribution in [1.29, 1.82) is 0 Å². The molecule has 20 heavy (non-hydrogen) atoms. The second-order valence-electron chi connectivity index (χ2n) is 4.29. The van der Waals surface area contributed by atoms with Crippen molar-refractivity contribution in [3.63, 3.8) is 0 Å². The zero-order valence-corrected chi connectivity index (χ0v) is 13.1. The lowest BCUT2D eigenvalue weighted by molar-refractivity contribution is -0.116. The van der Waals surface area contributed by atoms with Gasteiger partial charge in [0.05, 0.1) is 7.11 Å². The van der Waals surface area contributed by atoms with E-state index in [0.717, 1.165) is 35.0 Å². The summed E-state index contributed by atoms with van der Waals surface area (Å²) in [5.74, 6) is 0.594. The number of hydrogen-bond acceptors (Lipinski definition) is 3. The molecule has 4 nitrogen and oxygen atoms in total. The lowest BCUT2D eigenvalue weighted by Crippen LogP contribution is -2.22. The molecule has 0 fully saturated rings. The summed E-state index contributed by atoms with van der Waals surface area (Å²) in [6.45, 7) is 0.829. The molecule has 1 rings (SSSR count). The first-order chi connectivity index (χ1) is 9.67. The van der Waals surface area contributed by atoms with Crippen LogP contribution in [-0.2, 0) is 4.79 Å². The van der Waals surface area contributed by atoms with Crippen molar-refractivity contribution in [2.75, 3.05) is 20.3 Å². The Morgan fingerprint density at radius 3 is 2.90 bits per heavy atom. The van der Waals surface area contributed by atoms with Crippen molar-refractivity contribution < 1.29 is 14.6 Å². The highest BCUT2D eigenvalue weighted by molar-refractivity contribution is 9.10. The van der Waals surface area contributed by atoms with Crippen LogP contribution in [0.1, 0.15) is 24.8 Å². The number of unbranched alkanes of at least 4 members (excludes halogenated alkanes) is 2. The number of aliphatic hydroxyl groups excluding tert-OH is 1. The Labute approximate surface area is 128 Å². The second kappa shape index (κ2) is 9.55. The van der Waals surface area contributed by atoms with Gasteiger partial charge in [-0.25, -0.2) is 0 Å². The molecule has 0 bridgehead atoms. The highest BCUT2D eigenvalue weighted by Gasteiger charge is 2.01. The number of rotatable bonds is 8. The number of carbonyl (C=O) groups excluding carboxylic acids is 1. The number of carbonyl (C=O) groups is 1. The molecule has 5 heteroatoms. The summed E-state index contributed by atoms with van der Waals surface area (Å²) >= 11 is 3.39. The largest absolute Gasteiger partial charge is 0.496 e. The Balaban J connectivity index is 2.46. The molecule has 0 aliphatic heterocycles. The van der Waals surface area contributed by atoms with Crippen molar-refractivity contribution in [1.82, 2.24) is 5.32 Å². The van der Waals surface area contributed by atoms with Crippen molar-refractivity contribution in [2.24, 2.45) is 0 Å². The predicted molar refractivity (Wildman–Crippen MR) is 83.7 cm³/mol. The topological polar surface area (TPSA) is 58.6 Å². The quantitative estimate of drug-likeness (QED) is 0.564. The van der Waals surface area contributed by atoms with Gasteiger partial charge in [-0.15, -0.1) is 0 Å². The molecule has 0 radical (unpaired) electrons. The van der Waals surface area contributed by atoms with Gasteiger partial charge in [0.25, 0.3) is 0 Å². The molecule has 0 heterocycles. The van der Waals surface area contributed by atoms with Crippen molar-refractivity contribution in [3.8, 4) is 5.75 Å². The molecule has 0 saturated carbocycles. The van der Waals surface area contributed by atoms with Crippen LogP contribution < -0.4 is 10.1 Å². The summed E-state index contributed by atoms with van der Waals surface area (Å²) in [5.41, 5.74) is 0.845. The Bertz CT molecular complexity index is 460. The third-order valence-corrected chi connectivity index (χ3v) is 3.23. The molecule has 0 saturated heterocycles. The van der Waals surface area contributed by atoms with Gasteiger partial charge in [0.2, 0.25) is 5.91 Å². The molecular formula is C15H20BrNO3. The van der Waals surface area contributed by atoms with E-state index in [4.69, 9.17) is 9.84 Å². The van der Waals surface area contributed by atoms with E-state index in [1.54, 1.807) is 13.2 Å². The highest BCUT2D eigenvalue weighted by atomic mass is 79.9. The normalized spacial score (nSPS) is 10.8. The zero-order chi connectivity index (χ0) is 14.8. The maximum absolute atomic E-state index is 11.6. The number of nitrogens with one attached hydrogen (secondary N) is 1. The third kappa shape index (κ3) is 6.21. The molecule has 1 aromatic rings. The molecule has 2 N–H and O–H groups in total. The van der Waals surface area contributed by atoms with Crippen LogP contribution in [0.5, 0.6) is 5.75 Å². The van der Waals surface area contributed by atoms with Gasteiger partial charge in [0.15, 0.2) is 0 Å². The first-order valence-corrected chi connectivity index (χ1v) is 7.37. The summed E-state index contributed by atoms with van der Waals surface area (Å²) in [4.78, 5) is 11.6. The van der Waals surface area contributed by atoms with Crippen molar-refractivity contribution in [3.05, 3.63) is 34.3 Å². The van der Waals surface area contributed by atoms with Gasteiger partial charge < -0.3 is 15.2 Å². The molecule has 0 aliphatic carbocycles. The third-order valence-electron chi connectivity index (χ3n) is 2.74. The molecule has 0 unspecified atom stereocenters. The minimum atomic E-state index is -0.129. The Hall–Kier alpha value is -1.33. The fourth-order valence-electron chi connectivity index (χ4n) is 1.69. The summed E-state index contributed by atoms with van der Waals surface area (Å²) in [7, 11) is 1.60.